The molecule has 2 aliphatic rings. The molecule has 30 heavy (non-hydrogen) atoms. The van der Waals surface area contributed by atoms with Crippen LogP contribution in [0.1, 0.15) is 28.1 Å². The monoisotopic (exact) mass is 440 g/mol. The molecule has 4 heterocycles. The lowest BCUT2D eigenvalue weighted by Crippen LogP contribution is -2.48. The molecule has 0 spiro atoms. The SMILES string of the molecule is O=C(c1cc2ccccc2nc1N1CCCC1)N1CCN(Cc2ccc(Cl)s2)CC1. The van der Waals surface area contributed by atoms with Crippen molar-refractivity contribution in [1.82, 2.24) is 14.8 Å². The van der Waals surface area contributed by atoms with Crippen molar-refractivity contribution in [3.05, 3.63) is 57.2 Å². The number of fused-ring (bicyclic) bond motifs is 1. The average molecular weight is 441 g/mol. The number of hydrogen-bond donors (Lipinski definition) is 0. The number of rotatable bonds is 4. The molecule has 5 rings (SSSR count). The highest BCUT2D eigenvalue weighted by Gasteiger charge is 2.27. The average Bonchev–Trinajstić information content (AvgIpc) is 3.45. The molecular formula is C23H25ClN4OS. The number of para-hydroxylation sites is 1. The fraction of sp³-hybridized carbons (Fsp3) is 0.391. The Morgan fingerprint density at radius 2 is 1.77 bits per heavy atom. The van der Waals surface area contributed by atoms with E-state index in [9.17, 15) is 4.79 Å². The Balaban J connectivity index is 1.35. The second kappa shape index (κ2) is 8.53. The highest BCUT2D eigenvalue weighted by atomic mass is 35.5. The van der Waals surface area contributed by atoms with Gasteiger partial charge in [-0.25, -0.2) is 4.98 Å². The number of carbonyl (C=O) groups excluding carboxylic acids is 1. The largest absolute Gasteiger partial charge is 0.356 e. The van der Waals surface area contributed by atoms with Crippen molar-refractivity contribution < 1.29 is 4.79 Å². The van der Waals surface area contributed by atoms with E-state index in [1.165, 1.54) is 4.88 Å². The molecule has 1 amide bonds. The molecule has 7 heteroatoms. The van der Waals surface area contributed by atoms with E-state index in [0.717, 1.165) is 85.3 Å². The summed E-state index contributed by atoms with van der Waals surface area (Å²) in [7, 11) is 0. The number of amides is 1. The van der Waals surface area contributed by atoms with Crippen molar-refractivity contribution in [3.63, 3.8) is 0 Å². The van der Waals surface area contributed by atoms with Crippen molar-refractivity contribution in [3.8, 4) is 0 Å². The molecule has 3 aromatic rings. The number of pyridine rings is 1. The smallest absolute Gasteiger partial charge is 0.257 e. The lowest BCUT2D eigenvalue weighted by atomic mass is 10.1. The van der Waals surface area contributed by atoms with Crippen molar-refractivity contribution in [1.29, 1.82) is 0 Å². The number of thiophene rings is 1. The van der Waals surface area contributed by atoms with Crippen LogP contribution in [0.15, 0.2) is 42.5 Å². The van der Waals surface area contributed by atoms with Crippen LogP contribution in [-0.4, -0.2) is 60.0 Å². The van der Waals surface area contributed by atoms with Crippen LogP contribution in [0.5, 0.6) is 0 Å². The quantitative estimate of drug-likeness (QED) is 0.598. The van der Waals surface area contributed by atoms with Gasteiger partial charge in [0.1, 0.15) is 5.82 Å². The van der Waals surface area contributed by atoms with Crippen LogP contribution >= 0.6 is 22.9 Å². The van der Waals surface area contributed by atoms with E-state index in [1.54, 1.807) is 11.3 Å². The van der Waals surface area contributed by atoms with Gasteiger partial charge < -0.3 is 9.80 Å². The van der Waals surface area contributed by atoms with Gasteiger partial charge in [-0.2, -0.15) is 0 Å². The summed E-state index contributed by atoms with van der Waals surface area (Å²) < 4.78 is 0.831. The first-order valence-corrected chi connectivity index (χ1v) is 11.8. The van der Waals surface area contributed by atoms with E-state index in [0.29, 0.717) is 0 Å². The van der Waals surface area contributed by atoms with Gasteiger partial charge in [-0.05, 0) is 37.1 Å². The molecule has 0 bridgehead atoms. The van der Waals surface area contributed by atoms with Crippen molar-refractivity contribution in [2.45, 2.75) is 19.4 Å². The lowest BCUT2D eigenvalue weighted by Gasteiger charge is -2.35. The number of piperazine rings is 1. The van der Waals surface area contributed by atoms with Crippen LogP contribution < -0.4 is 4.90 Å². The van der Waals surface area contributed by atoms with Crippen LogP contribution in [0, 0.1) is 0 Å². The van der Waals surface area contributed by atoms with Crippen molar-refractivity contribution in [2.75, 3.05) is 44.2 Å². The predicted molar refractivity (Wildman–Crippen MR) is 124 cm³/mol. The lowest BCUT2D eigenvalue weighted by molar-refractivity contribution is 0.0630. The molecule has 0 radical (unpaired) electrons. The fourth-order valence-electron chi connectivity index (χ4n) is 4.37. The summed E-state index contributed by atoms with van der Waals surface area (Å²) in [6, 6.07) is 14.2. The highest BCUT2D eigenvalue weighted by Crippen LogP contribution is 2.28. The number of carbonyl (C=O) groups is 1. The first kappa shape index (κ1) is 19.8. The molecule has 1 aromatic carbocycles. The van der Waals surface area contributed by atoms with Crippen LogP contribution in [-0.2, 0) is 6.54 Å². The standard InChI is InChI=1S/C23H25ClN4OS/c24-21-8-7-18(30-21)16-26-11-13-28(14-12-26)23(29)19-15-17-5-1-2-6-20(17)25-22(19)27-9-3-4-10-27/h1-2,5-8,15H,3-4,9-14,16H2. The minimum atomic E-state index is 0.106. The molecular weight excluding hydrogens is 416 g/mol. The maximum absolute atomic E-state index is 13.5. The fourth-order valence-corrected chi connectivity index (χ4v) is 5.50. The zero-order valence-corrected chi connectivity index (χ0v) is 18.5. The Kier molecular flexibility index (Phi) is 5.63. The number of aromatic nitrogens is 1. The summed E-state index contributed by atoms with van der Waals surface area (Å²) in [5.41, 5.74) is 1.70. The Labute approximate surface area is 185 Å². The van der Waals surface area contributed by atoms with Crippen LogP contribution in [0.3, 0.4) is 0 Å². The highest BCUT2D eigenvalue weighted by molar-refractivity contribution is 7.16. The third-order valence-electron chi connectivity index (χ3n) is 6.01. The van der Waals surface area contributed by atoms with E-state index in [-0.39, 0.29) is 5.91 Å². The van der Waals surface area contributed by atoms with Gasteiger partial charge in [0.2, 0.25) is 0 Å². The first-order valence-electron chi connectivity index (χ1n) is 10.6. The molecule has 2 aliphatic heterocycles. The Morgan fingerprint density at radius 1 is 1.00 bits per heavy atom. The zero-order chi connectivity index (χ0) is 20.5. The number of hydrogen-bond acceptors (Lipinski definition) is 5. The van der Waals surface area contributed by atoms with Gasteiger partial charge in [0.25, 0.3) is 5.91 Å². The van der Waals surface area contributed by atoms with Crippen LogP contribution in [0.25, 0.3) is 10.9 Å². The summed E-state index contributed by atoms with van der Waals surface area (Å²) in [6.45, 7) is 6.08. The summed E-state index contributed by atoms with van der Waals surface area (Å²) in [4.78, 5) is 26.3. The Hall–Kier alpha value is -2.15. The van der Waals surface area contributed by atoms with Crippen LogP contribution in [0.4, 0.5) is 5.82 Å². The second-order valence-corrected chi connectivity index (χ2v) is 9.82. The molecule has 0 atom stereocenters. The number of benzene rings is 1. The van der Waals surface area contributed by atoms with Crippen molar-refractivity contribution >= 4 is 45.6 Å². The molecule has 0 N–H and O–H groups in total. The Bertz CT molecular complexity index is 1050. The van der Waals surface area contributed by atoms with Gasteiger partial charge in [-0.1, -0.05) is 29.8 Å². The molecule has 156 valence electrons. The summed E-state index contributed by atoms with van der Waals surface area (Å²) >= 11 is 7.69. The third kappa shape index (κ3) is 4.04. The van der Waals surface area contributed by atoms with Gasteiger partial charge in [0, 0.05) is 56.1 Å². The molecule has 2 aromatic heterocycles. The number of nitrogens with zero attached hydrogens (tertiary/aromatic N) is 4. The maximum atomic E-state index is 13.5. The molecule has 5 nitrogen and oxygen atoms in total. The minimum Gasteiger partial charge on any atom is -0.356 e. The van der Waals surface area contributed by atoms with E-state index < -0.39 is 0 Å². The van der Waals surface area contributed by atoms with Gasteiger partial charge >= 0.3 is 0 Å². The second-order valence-electron chi connectivity index (χ2n) is 8.02. The van der Waals surface area contributed by atoms with Gasteiger partial charge in [-0.15, -0.1) is 11.3 Å². The molecule has 0 saturated carbocycles. The number of halogens is 1. The van der Waals surface area contributed by atoms with E-state index in [4.69, 9.17) is 16.6 Å². The van der Waals surface area contributed by atoms with Crippen LogP contribution in [0.2, 0.25) is 4.34 Å². The normalized spacial score (nSPS) is 17.8. The van der Waals surface area contributed by atoms with E-state index in [1.807, 2.05) is 41.3 Å². The zero-order valence-electron chi connectivity index (χ0n) is 16.9. The summed E-state index contributed by atoms with van der Waals surface area (Å²) in [5.74, 6) is 0.959. The summed E-state index contributed by atoms with van der Waals surface area (Å²) in [6.07, 6.45) is 2.32. The minimum absolute atomic E-state index is 0.106. The maximum Gasteiger partial charge on any atom is 0.257 e. The third-order valence-corrected chi connectivity index (χ3v) is 7.22. The topological polar surface area (TPSA) is 39.7 Å². The predicted octanol–water partition coefficient (Wildman–Crippen LogP) is 4.51. The van der Waals surface area contributed by atoms with E-state index >= 15 is 0 Å². The molecule has 2 fully saturated rings. The van der Waals surface area contributed by atoms with Gasteiger partial charge in [0.05, 0.1) is 15.4 Å². The van der Waals surface area contributed by atoms with E-state index in [2.05, 4.69) is 15.9 Å². The Morgan fingerprint density at radius 3 is 2.50 bits per heavy atom. The molecule has 2 saturated heterocycles. The van der Waals surface area contributed by atoms with Gasteiger partial charge in [0.15, 0.2) is 0 Å². The molecule has 0 aliphatic carbocycles. The first-order chi connectivity index (χ1) is 14.7. The van der Waals surface area contributed by atoms with Crippen molar-refractivity contribution in [2.24, 2.45) is 0 Å². The summed E-state index contributed by atoms with van der Waals surface area (Å²) in [5, 5.41) is 1.03. The van der Waals surface area contributed by atoms with Gasteiger partial charge in [-0.3, -0.25) is 9.69 Å². The number of anilines is 1. The molecule has 0 unspecified atom stereocenters.